The quantitative estimate of drug-likeness (QED) is 0.729. The highest BCUT2D eigenvalue weighted by Gasteiger charge is 2.22. The Balaban J connectivity index is 1.52. The monoisotopic (exact) mass is 341 g/mol. The number of likely N-dealkylation sites (tertiary alicyclic amines) is 1. The van der Waals surface area contributed by atoms with Crippen molar-refractivity contribution in [1.29, 1.82) is 0 Å². The molecule has 0 bridgehead atoms. The molecule has 1 aromatic carbocycles. The van der Waals surface area contributed by atoms with E-state index in [2.05, 4.69) is 26.0 Å². The minimum atomic E-state index is 0.599. The summed E-state index contributed by atoms with van der Waals surface area (Å²) in [4.78, 5) is 11.1. The predicted molar refractivity (Wildman–Crippen MR) is 94.8 cm³/mol. The number of halogens is 1. The van der Waals surface area contributed by atoms with Crippen LogP contribution in [0.3, 0.4) is 0 Å². The van der Waals surface area contributed by atoms with E-state index in [1.54, 1.807) is 12.7 Å². The summed E-state index contributed by atoms with van der Waals surface area (Å²) in [5.74, 6) is 0.599. The maximum absolute atomic E-state index is 6.48. The van der Waals surface area contributed by atoms with Crippen molar-refractivity contribution in [3.8, 4) is 0 Å². The summed E-state index contributed by atoms with van der Waals surface area (Å²) in [5, 5.41) is 6.18. The van der Waals surface area contributed by atoms with Gasteiger partial charge in [0.15, 0.2) is 0 Å². The second kappa shape index (κ2) is 6.87. The number of benzene rings is 1. The van der Waals surface area contributed by atoms with Gasteiger partial charge in [0.05, 0.1) is 5.52 Å². The van der Waals surface area contributed by atoms with Crippen LogP contribution in [0.2, 0.25) is 5.02 Å². The van der Waals surface area contributed by atoms with E-state index in [1.807, 2.05) is 29.1 Å². The number of aromatic nitrogens is 4. The van der Waals surface area contributed by atoms with Gasteiger partial charge in [0.25, 0.3) is 0 Å². The van der Waals surface area contributed by atoms with Crippen LogP contribution in [-0.2, 0) is 13.1 Å². The molecule has 3 aromatic rings. The predicted octanol–water partition coefficient (Wildman–Crippen LogP) is 3.39. The van der Waals surface area contributed by atoms with Crippen molar-refractivity contribution < 1.29 is 0 Å². The zero-order valence-corrected chi connectivity index (χ0v) is 14.2. The second-order valence-electron chi connectivity index (χ2n) is 6.46. The number of rotatable bonds is 4. The minimum Gasteiger partial charge on any atom is -0.299 e. The Bertz CT molecular complexity index is 817. The third-order valence-electron chi connectivity index (χ3n) is 4.72. The highest BCUT2D eigenvalue weighted by molar-refractivity contribution is 6.32. The molecule has 0 radical (unpaired) electrons. The van der Waals surface area contributed by atoms with E-state index in [9.17, 15) is 0 Å². The zero-order valence-electron chi connectivity index (χ0n) is 13.5. The lowest BCUT2D eigenvalue weighted by Crippen LogP contribution is -2.36. The molecule has 0 amide bonds. The highest BCUT2D eigenvalue weighted by Crippen LogP contribution is 2.28. The van der Waals surface area contributed by atoms with Crippen LogP contribution in [0.25, 0.3) is 10.9 Å². The molecule has 3 heterocycles. The molecule has 24 heavy (non-hydrogen) atoms. The van der Waals surface area contributed by atoms with Gasteiger partial charge in [0.2, 0.25) is 0 Å². The third kappa shape index (κ3) is 3.28. The van der Waals surface area contributed by atoms with Crippen LogP contribution in [-0.4, -0.2) is 37.7 Å². The molecule has 1 atom stereocenters. The van der Waals surface area contributed by atoms with Gasteiger partial charge in [-0.3, -0.25) is 14.6 Å². The lowest BCUT2D eigenvalue weighted by Gasteiger charge is -2.33. The summed E-state index contributed by atoms with van der Waals surface area (Å²) in [6, 6.07) is 8.08. The SMILES string of the molecule is Clc1ccc2cccnc2c1CN1CCC[C@H](Cn2cncn2)C1. The van der Waals surface area contributed by atoms with Crippen molar-refractivity contribution in [2.75, 3.05) is 13.1 Å². The topological polar surface area (TPSA) is 46.8 Å². The zero-order chi connectivity index (χ0) is 16.4. The highest BCUT2D eigenvalue weighted by atomic mass is 35.5. The molecule has 1 aliphatic heterocycles. The van der Waals surface area contributed by atoms with Crippen molar-refractivity contribution in [2.24, 2.45) is 5.92 Å². The smallest absolute Gasteiger partial charge is 0.137 e. The normalized spacial score (nSPS) is 19.0. The number of piperidine rings is 1. The van der Waals surface area contributed by atoms with E-state index in [-0.39, 0.29) is 0 Å². The first-order valence-electron chi connectivity index (χ1n) is 8.36. The molecule has 2 aromatic heterocycles. The van der Waals surface area contributed by atoms with Gasteiger partial charge in [-0.25, -0.2) is 4.98 Å². The van der Waals surface area contributed by atoms with E-state index >= 15 is 0 Å². The van der Waals surface area contributed by atoms with E-state index in [0.717, 1.165) is 47.7 Å². The minimum absolute atomic E-state index is 0.599. The molecule has 1 aliphatic rings. The lowest BCUT2D eigenvalue weighted by molar-refractivity contribution is 0.153. The first kappa shape index (κ1) is 15.5. The molecule has 0 spiro atoms. The van der Waals surface area contributed by atoms with Crippen LogP contribution in [0.15, 0.2) is 43.1 Å². The fourth-order valence-corrected chi connectivity index (χ4v) is 3.80. The Kier molecular flexibility index (Phi) is 4.45. The Hall–Kier alpha value is -1.98. The number of nitrogens with zero attached hydrogens (tertiary/aromatic N) is 5. The molecule has 124 valence electrons. The van der Waals surface area contributed by atoms with Gasteiger partial charge in [-0.05, 0) is 37.4 Å². The van der Waals surface area contributed by atoms with Gasteiger partial charge in [0.1, 0.15) is 12.7 Å². The third-order valence-corrected chi connectivity index (χ3v) is 5.07. The molecule has 0 unspecified atom stereocenters. The Morgan fingerprint density at radius 2 is 2.21 bits per heavy atom. The second-order valence-corrected chi connectivity index (χ2v) is 6.87. The fourth-order valence-electron chi connectivity index (χ4n) is 3.59. The van der Waals surface area contributed by atoms with Crippen molar-refractivity contribution in [1.82, 2.24) is 24.6 Å². The largest absolute Gasteiger partial charge is 0.299 e. The molecule has 5 nitrogen and oxygen atoms in total. The van der Waals surface area contributed by atoms with Gasteiger partial charge in [-0.1, -0.05) is 23.7 Å². The lowest BCUT2D eigenvalue weighted by atomic mass is 9.97. The number of hydrogen-bond donors (Lipinski definition) is 0. The molecule has 0 N–H and O–H groups in total. The van der Waals surface area contributed by atoms with E-state index < -0.39 is 0 Å². The van der Waals surface area contributed by atoms with Gasteiger partial charge in [0, 0.05) is 41.8 Å². The van der Waals surface area contributed by atoms with Gasteiger partial charge in [-0.15, -0.1) is 0 Å². The number of hydrogen-bond acceptors (Lipinski definition) is 4. The van der Waals surface area contributed by atoms with Crippen LogP contribution < -0.4 is 0 Å². The van der Waals surface area contributed by atoms with Crippen LogP contribution in [0, 0.1) is 5.92 Å². The average Bonchev–Trinajstić information content (AvgIpc) is 3.11. The maximum atomic E-state index is 6.48. The molecular formula is C18H20ClN5. The average molecular weight is 342 g/mol. The van der Waals surface area contributed by atoms with Crippen LogP contribution in [0.5, 0.6) is 0 Å². The van der Waals surface area contributed by atoms with E-state index in [1.165, 1.54) is 12.8 Å². The number of fused-ring (bicyclic) bond motifs is 1. The maximum Gasteiger partial charge on any atom is 0.137 e. The summed E-state index contributed by atoms with van der Waals surface area (Å²) >= 11 is 6.48. The van der Waals surface area contributed by atoms with Crippen LogP contribution in [0.1, 0.15) is 18.4 Å². The fraction of sp³-hybridized carbons (Fsp3) is 0.389. The molecule has 4 rings (SSSR count). The molecule has 0 aliphatic carbocycles. The summed E-state index contributed by atoms with van der Waals surface area (Å²) in [7, 11) is 0. The Labute approximate surface area is 146 Å². The number of pyridine rings is 1. The Morgan fingerprint density at radius 1 is 1.25 bits per heavy atom. The molecule has 1 fully saturated rings. The van der Waals surface area contributed by atoms with Gasteiger partial charge in [-0.2, -0.15) is 5.10 Å². The Morgan fingerprint density at radius 3 is 3.08 bits per heavy atom. The van der Waals surface area contributed by atoms with E-state index in [4.69, 9.17) is 11.6 Å². The molecule has 0 saturated carbocycles. The van der Waals surface area contributed by atoms with Gasteiger partial charge < -0.3 is 0 Å². The van der Waals surface area contributed by atoms with Crippen LogP contribution >= 0.6 is 11.6 Å². The standard InChI is InChI=1S/C18H20ClN5/c19-17-6-5-15-4-1-7-21-18(15)16(17)11-23-8-2-3-14(9-23)10-24-13-20-12-22-24/h1,4-7,12-14H,2-3,8-11H2/t14-/m0/s1. The first-order valence-corrected chi connectivity index (χ1v) is 8.74. The molecule has 1 saturated heterocycles. The summed E-state index contributed by atoms with van der Waals surface area (Å²) in [6.45, 7) is 3.94. The summed E-state index contributed by atoms with van der Waals surface area (Å²) in [6.07, 6.45) is 7.67. The van der Waals surface area contributed by atoms with E-state index in [0.29, 0.717) is 5.92 Å². The van der Waals surface area contributed by atoms with Crippen LogP contribution in [0.4, 0.5) is 0 Å². The first-order chi connectivity index (χ1) is 11.8. The summed E-state index contributed by atoms with van der Waals surface area (Å²) in [5.41, 5.74) is 2.15. The van der Waals surface area contributed by atoms with Crippen molar-refractivity contribution in [3.05, 3.63) is 53.7 Å². The van der Waals surface area contributed by atoms with Crippen molar-refractivity contribution in [2.45, 2.75) is 25.9 Å². The summed E-state index contributed by atoms with van der Waals surface area (Å²) < 4.78 is 1.93. The molecule has 6 heteroatoms. The van der Waals surface area contributed by atoms with Gasteiger partial charge >= 0.3 is 0 Å². The van der Waals surface area contributed by atoms with Crippen molar-refractivity contribution >= 4 is 22.5 Å². The van der Waals surface area contributed by atoms with Crippen molar-refractivity contribution in [3.63, 3.8) is 0 Å². The molecular weight excluding hydrogens is 322 g/mol.